The molecule has 0 aliphatic carbocycles. The van der Waals surface area contributed by atoms with Crippen LogP contribution in [-0.4, -0.2) is 59.5 Å². The van der Waals surface area contributed by atoms with Crippen LogP contribution in [0.2, 0.25) is 0 Å². The summed E-state index contributed by atoms with van der Waals surface area (Å²) in [6.07, 6.45) is 2.45. The maximum atomic E-state index is 11.8. The molecule has 0 aromatic carbocycles. The molecular weight excluding hydrogens is 208 g/mol. The zero-order valence-corrected chi connectivity index (χ0v) is 9.56. The molecule has 5 nitrogen and oxygen atoms in total. The van der Waals surface area contributed by atoms with Gasteiger partial charge in [0.15, 0.2) is 0 Å². The maximum Gasteiger partial charge on any atom is 0.307 e. The fourth-order valence-electron chi connectivity index (χ4n) is 2.63. The summed E-state index contributed by atoms with van der Waals surface area (Å²) in [6.45, 7) is 2.17. The molecule has 16 heavy (non-hydrogen) atoms. The van der Waals surface area contributed by atoms with Crippen LogP contribution < -0.4 is 0 Å². The number of piperidine rings is 1. The second kappa shape index (κ2) is 4.41. The third kappa shape index (κ3) is 2.04. The molecule has 0 spiro atoms. The molecule has 2 heterocycles. The number of carboxylic acids is 1. The first-order valence-electron chi connectivity index (χ1n) is 5.81. The third-order valence-corrected chi connectivity index (χ3v) is 3.64. The summed E-state index contributed by atoms with van der Waals surface area (Å²) in [7, 11) is 1.81. The van der Waals surface area contributed by atoms with Crippen molar-refractivity contribution in [3.05, 3.63) is 0 Å². The molecule has 2 rings (SSSR count). The summed E-state index contributed by atoms with van der Waals surface area (Å²) < 4.78 is 0. The lowest BCUT2D eigenvalue weighted by Gasteiger charge is -2.34. The van der Waals surface area contributed by atoms with Gasteiger partial charge in [-0.15, -0.1) is 0 Å². The number of likely N-dealkylation sites (tertiary alicyclic amines) is 2. The Hall–Kier alpha value is -1.10. The Morgan fingerprint density at radius 1 is 1.38 bits per heavy atom. The minimum absolute atomic E-state index is 0.0767. The van der Waals surface area contributed by atoms with Gasteiger partial charge in [-0.2, -0.15) is 0 Å². The number of likely N-dealkylation sites (N-methyl/N-ethyl adjacent to an activating group) is 1. The maximum absolute atomic E-state index is 11.8. The number of rotatable bonds is 2. The minimum atomic E-state index is -0.733. The van der Waals surface area contributed by atoms with Crippen LogP contribution in [0.1, 0.15) is 19.3 Å². The molecule has 0 saturated carbocycles. The first-order chi connectivity index (χ1) is 7.59. The van der Waals surface area contributed by atoms with E-state index < -0.39 is 5.97 Å². The fourth-order valence-corrected chi connectivity index (χ4v) is 2.63. The first-order valence-corrected chi connectivity index (χ1v) is 5.81. The smallest absolute Gasteiger partial charge is 0.307 e. The molecule has 2 aliphatic heterocycles. The largest absolute Gasteiger partial charge is 0.481 e. The molecule has 2 aliphatic rings. The summed E-state index contributed by atoms with van der Waals surface area (Å²) in [4.78, 5) is 26.5. The lowest BCUT2D eigenvalue weighted by molar-refractivity contribution is -0.145. The molecule has 0 bridgehead atoms. The predicted molar refractivity (Wildman–Crippen MR) is 58.0 cm³/mol. The number of carbonyl (C=O) groups is 2. The molecule has 2 saturated heterocycles. The van der Waals surface area contributed by atoms with E-state index in [9.17, 15) is 9.59 Å². The molecule has 90 valence electrons. The zero-order valence-electron chi connectivity index (χ0n) is 9.56. The van der Waals surface area contributed by atoms with E-state index in [2.05, 4.69) is 0 Å². The Kier molecular flexibility index (Phi) is 3.14. The molecule has 2 unspecified atom stereocenters. The van der Waals surface area contributed by atoms with Crippen molar-refractivity contribution in [2.45, 2.75) is 25.3 Å². The molecule has 0 radical (unpaired) electrons. The molecule has 1 amide bonds. The van der Waals surface area contributed by atoms with Gasteiger partial charge in [0.1, 0.15) is 0 Å². The Bertz CT molecular complexity index is 306. The Morgan fingerprint density at radius 3 is 2.69 bits per heavy atom. The van der Waals surface area contributed by atoms with Crippen LogP contribution in [0.15, 0.2) is 0 Å². The van der Waals surface area contributed by atoms with Crippen LogP contribution >= 0.6 is 0 Å². The topological polar surface area (TPSA) is 60.9 Å². The Balaban J connectivity index is 1.99. The third-order valence-electron chi connectivity index (χ3n) is 3.64. The van der Waals surface area contributed by atoms with Crippen LogP contribution in [0.3, 0.4) is 0 Å². The summed E-state index contributed by atoms with van der Waals surface area (Å²) in [5.74, 6) is -0.887. The molecule has 5 heteroatoms. The summed E-state index contributed by atoms with van der Waals surface area (Å²) in [6, 6.07) is -0.0767. The van der Waals surface area contributed by atoms with Gasteiger partial charge in [-0.3, -0.25) is 14.5 Å². The van der Waals surface area contributed by atoms with E-state index in [0.29, 0.717) is 6.54 Å². The van der Waals surface area contributed by atoms with Crippen molar-refractivity contribution in [1.82, 2.24) is 9.80 Å². The van der Waals surface area contributed by atoms with Crippen LogP contribution in [0.25, 0.3) is 0 Å². The average Bonchev–Trinajstić information content (AvgIpc) is 2.60. The van der Waals surface area contributed by atoms with Gasteiger partial charge in [-0.05, 0) is 25.8 Å². The van der Waals surface area contributed by atoms with Crippen LogP contribution in [0.5, 0.6) is 0 Å². The Labute approximate surface area is 95.0 Å². The lowest BCUT2D eigenvalue weighted by Crippen LogP contribution is -2.47. The van der Waals surface area contributed by atoms with Crippen molar-refractivity contribution >= 4 is 11.9 Å². The highest BCUT2D eigenvalue weighted by atomic mass is 16.4. The normalized spacial score (nSPS) is 32.1. The predicted octanol–water partition coefficient (Wildman–Crippen LogP) is 0.0137. The van der Waals surface area contributed by atoms with Crippen molar-refractivity contribution in [2.75, 3.05) is 26.7 Å². The number of carboxylic acid groups (broad SMARTS) is 1. The van der Waals surface area contributed by atoms with Crippen molar-refractivity contribution in [3.8, 4) is 0 Å². The van der Waals surface area contributed by atoms with E-state index in [4.69, 9.17) is 5.11 Å². The number of hydrogen-bond acceptors (Lipinski definition) is 3. The number of carbonyl (C=O) groups excluding carboxylic acids is 1. The number of nitrogens with zero attached hydrogens (tertiary/aromatic N) is 2. The van der Waals surface area contributed by atoms with Gasteiger partial charge in [-0.1, -0.05) is 0 Å². The zero-order chi connectivity index (χ0) is 11.7. The van der Waals surface area contributed by atoms with Gasteiger partial charge in [0.05, 0.1) is 12.0 Å². The van der Waals surface area contributed by atoms with Crippen molar-refractivity contribution in [1.29, 1.82) is 0 Å². The molecule has 1 N–H and O–H groups in total. The van der Waals surface area contributed by atoms with Gasteiger partial charge >= 0.3 is 5.97 Å². The highest BCUT2D eigenvalue weighted by Crippen LogP contribution is 2.23. The number of hydrogen-bond donors (Lipinski definition) is 1. The highest BCUT2D eigenvalue weighted by Gasteiger charge is 2.37. The van der Waals surface area contributed by atoms with E-state index >= 15 is 0 Å². The molecular formula is C11H18N2O3. The van der Waals surface area contributed by atoms with E-state index in [1.54, 1.807) is 11.9 Å². The highest BCUT2D eigenvalue weighted by molar-refractivity contribution is 5.83. The molecule has 0 aromatic rings. The number of amides is 1. The monoisotopic (exact) mass is 226 g/mol. The first kappa shape index (κ1) is 11.4. The number of aliphatic carboxylic acids is 1. The lowest BCUT2D eigenvalue weighted by atomic mass is 9.96. The van der Waals surface area contributed by atoms with Gasteiger partial charge in [-0.25, -0.2) is 0 Å². The van der Waals surface area contributed by atoms with Crippen LogP contribution in [0, 0.1) is 5.92 Å². The van der Waals surface area contributed by atoms with E-state index in [-0.39, 0.29) is 17.9 Å². The molecule has 0 aromatic heterocycles. The van der Waals surface area contributed by atoms with Gasteiger partial charge in [0.2, 0.25) is 5.91 Å². The van der Waals surface area contributed by atoms with Gasteiger partial charge in [0.25, 0.3) is 0 Å². The van der Waals surface area contributed by atoms with Crippen LogP contribution in [-0.2, 0) is 9.59 Å². The molecule has 2 atom stereocenters. The minimum Gasteiger partial charge on any atom is -0.481 e. The standard InChI is InChI=1S/C11H18N2O3/c1-12-6-4-9(10(12)14)13-5-2-3-8(7-13)11(15)16/h8-9H,2-7H2,1H3,(H,15,16). The van der Waals surface area contributed by atoms with Crippen molar-refractivity contribution < 1.29 is 14.7 Å². The van der Waals surface area contributed by atoms with Gasteiger partial charge in [0, 0.05) is 20.1 Å². The summed E-state index contributed by atoms with van der Waals surface area (Å²) >= 11 is 0. The SMILES string of the molecule is CN1CCC(N2CCCC(C(=O)O)C2)C1=O. The fraction of sp³-hybridized carbons (Fsp3) is 0.818. The van der Waals surface area contributed by atoms with Crippen molar-refractivity contribution in [3.63, 3.8) is 0 Å². The second-order valence-corrected chi connectivity index (χ2v) is 4.74. The second-order valence-electron chi connectivity index (χ2n) is 4.74. The Morgan fingerprint density at radius 2 is 2.12 bits per heavy atom. The van der Waals surface area contributed by atoms with Gasteiger partial charge < -0.3 is 10.0 Å². The summed E-state index contributed by atoms with van der Waals surface area (Å²) in [5, 5.41) is 8.99. The summed E-state index contributed by atoms with van der Waals surface area (Å²) in [5.41, 5.74) is 0. The van der Waals surface area contributed by atoms with Crippen molar-refractivity contribution in [2.24, 2.45) is 5.92 Å². The average molecular weight is 226 g/mol. The van der Waals surface area contributed by atoms with Crippen LogP contribution in [0.4, 0.5) is 0 Å². The van der Waals surface area contributed by atoms with E-state index in [0.717, 1.165) is 32.4 Å². The quantitative estimate of drug-likeness (QED) is 0.720. The van der Waals surface area contributed by atoms with E-state index in [1.807, 2.05) is 4.90 Å². The molecule has 2 fully saturated rings. The van der Waals surface area contributed by atoms with E-state index in [1.165, 1.54) is 0 Å².